The van der Waals surface area contributed by atoms with E-state index in [9.17, 15) is 9.90 Å². The molecule has 0 saturated heterocycles. The number of hydrogen-bond acceptors (Lipinski definition) is 5. The molecule has 2 N–H and O–H groups in total. The van der Waals surface area contributed by atoms with Crippen LogP contribution in [0.3, 0.4) is 0 Å². The summed E-state index contributed by atoms with van der Waals surface area (Å²) in [5.74, 6) is 1.70. The maximum Gasteiger partial charge on any atom is 0.231 e. The van der Waals surface area contributed by atoms with Gasteiger partial charge in [0.15, 0.2) is 11.5 Å². The van der Waals surface area contributed by atoms with Gasteiger partial charge in [0.1, 0.15) is 0 Å². The average molecular weight is 345 g/mol. The Morgan fingerprint density at radius 3 is 2.88 bits per heavy atom. The minimum Gasteiger partial charge on any atom is -0.454 e. The standard InChI is InChI=1S/C18H19NO4S/c20-13-8-12(9-13)18(16-2-1-5-24-16)19-17(21)7-11-3-4-14-15(6-11)23-10-22-14/h1-6,12-13,18,20H,7-10H2,(H,19,21)/t12?,13?,18-/m1/s1. The van der Waals surface area contributed by atoms with Gasteiger partial charge >= 0.3 is 0 Å². The molecular formula is C18H19NO4S. The molecule has 24 heavy (non-hydrogen) atoms. The molecule has 1 aliphatic heterocycles. The van der Waals surface area contributed by atoms with Gasteiger partial charge in [0, 0.05) is 4.88 Å². The predicted octanol–water partition coefficient (Wildman–Crippen LogP) is 2.65. The van der Waals surface area contributed by atoms with Gasteiger partial charge in [-0.2, -0.15) is 0 Å². The number of nitrogens with one attached hydrogen (secondary N) is 1. The van der Waals surface area contributed by atoms with Crippen LogP contribution in [0.4, 0.5) is 0 Å². The minimum absolute atomic E-state index is 0.0186. The Labute approximate surface area is 144 Å². The van der Waals surface area contributed by atoms with Crippen molar-refractivity contribution in [2.45, 2.75) is 31.4 Å². The SMILES string of the molecule is O=C(Cc1ccc2c(c1)OCO2)N[C@@H](c1cccs1)C1CC(O)C1. The Balaban J connectivity index is 1.43. The van der Waals surface area contributed by atoms with Crippen LogP contribution in [0.15, 0.2) is 35.7 Å². The molecule has 1 aromatic heterocycles. The van der Waals surface area contributed by atoms with E-state index >= 15 is 0 Å². The number of benzene rings is 1. The highest BCUT2D eigenvalue weighted by Gasteiger charge is 2.36. The highest BCUT2D eigenvalue weighted by Crippen LogP contribution is 2.39. The quantitative estimate of drug-likeness (QED) is 0.874. The van der Waals surface area contributed by atoms with E-state index in [1.807, 2.05) is 35.7 Å². The summed E-state index contributed by atoms with van der Waals surface area (Å²) in [4.78, 5) is 13.6. The topological polar surface area (TPSA) is 67.8 Å². The minimum atomic E-state index is -0.233. The zero-order valence-electron chi connectivity index (χ0n) is 13.1. The van der Waals surface area contributed by atoms with Crippen LogP contribution in [-0.2, 0) is 11.2 Å². The summed E-state index contributed by atoms with van der Waals surface area (Å²) in [6, 6.07) is 9.60. The third-order valence-corrected chi connectivity index (χ3v) is 5.54. The van der Waals surface area contributed by atoms with Crippen molar-refractivity contribution in [1.82, 2.24) is 5.32 Å². The van der Waals surface area contributed by atoms with Gasteiger partial charge in [0.05, 0.1) is 18.6 Å². The van der Waals surface area contributed by atoms with E-state index in [1.165, 1.54) is 0 Å². The molecule has 0 bridgehead atoms. The smallest absolute Gasteiger partial charge is 0.231 e. The van der Waals surface area contributed by atoms with Crippen LogP contribution in [0.2, 0.25) is 0 Å². The lowest BCUT2D eigenvalue weighted by molar-refractivity contribution is -0.122. The maximum absolute atomic E-state index is 12.5. The molecular weight excluding hydrogens is 326 g/mol. The van der Waals surface area contributed by atoms with Crippen LogP contribution in [0.5, 0.6) is 11.5 Å². The van der Waals surface area contributed by atoms with Crippen molar-refractivity contribution in [1.29, 1.82) is 0 Å². The molecule has 5 nitrogen and oxygen atoms in total. The lowest BCUT2D eigenvalue weighted by Crippen LogP contribution is -2.41. The van der Waals surface area contributed by atoms with Gasteiger partial charge in [-0.05, 0) is 47.9 Å². The number of rotatable bonds is 5. The van der Waals surface area contributed by atoms with Gasteiger partial charge < -0.3 is 19.9 Å². The number of aliphatic hydroxyl groups excluding tert-OH is 1. The van der Waals surface area contributed by atoms with E-state index in [2.05, 4.69) is 5.32 Å². The van der Waals surface area contributed by atoms with Gasteiger partial charge in [-0.25, -0.2) is 0 Å². The first kappa shape index (κ1) is 15.5. The average Bonchev–Trinajstić information content (AvgIpc) is 3.20. The molecule has 1 amide bonds. The lowest BCUT2D eigenvalue weighted by Gasteiger charge is -2.37. The number of aliphatic hydroxyl groups is 1. The number of carbonyl (C=O) groups excluding carboxylic acids is 1. The number of ether oxygens (including phenoxy) is 2. The molecule has 126 valence electrons. The van der Waals surface area contributed by atoms with E-state index in [4.69, 9.17) is 9.47 Å². The third-order valence-electron chi connectivity index (χ3n) is 4.59. The van der Waals surface area contributed by atoms with Crippen molar-refractivity contribution in [3.63, 3.8) is 0 Å². The van der Waals surface area contributed by atoms with Crippen molar-refractivity contribution in [3.8, 4) is 11.5 Å². The second kappa shape index (κ2) is 6.45. The van der Waals surface area contributed by atoms with E-state index in [0.29, 0.717) is 18.1 Å². The van der Waals surface area contributed by atoms with E-state index in [0.717, 1.165) is 29.0 Å². The van der Waals surface area contributed by atoms with Crippen molar-refractivity contribution in [2.24, 2.45) is 5.92 Å². The molecule has 6 heteroatoms. The van der Waals surface area contributed by atoms with Crippen LogP contribution in [-0.4, -0.2) is 23.9 Å². The van der Waals surface area contributed by atoms with Crippen molar-refractivity contribution >= 4 is 17.2 Å². The first-order valence-electron chi connectivity index (χ1n) is 8.08. The van der Waals surface area contributed by atoms with E-state index in [1.54, 1.807) is 11.3 Å². The summed E-state index contributed by atoms with van der Waals surface area (Å²) in [6.07, 6.45) is 1.55. The fraction of sp³-hybridized carbons (Fsp3) is 0.389. The molecule has 2 heterocycles. The van der Waals surface area contributed by atoms with Crippen molar-refractivity contribution in [2.75, 3.05) is 6.79 Å². The number of hydrogen-bond donors (Lipinski definition) is 2. The summed E-state index contributed by atoms with van der Waals surface area (Å²) in [7, 11) is 0. The van der Waals surface area contributed by atoms with Gasteiger partial charge in [-0.1, -0.05) is 12.1 Å². The molecule has 1 aliphatic carbocycles. The largest absolute Gasteiger partial charge is 0.454 e. The number of amides is 1. The predicted molar refractivity (Wildman–Crippen MR) is 90.2 cm³/mol. The summed E-state index contributed by atoms with van der Waals surface area (Å²) in [6.45, 7) is 0.232. The number of thiophene rings is 1. The Morgan fingerprint density at radius 2 is 2.12 bits per heavy atom. The maximum atomic E-state index is 12.5. The first-order chi connectivity index (χ1) is 11.7. The van der Waals surface area contributed by atoms with E-state index in [-0.39, 0.29) is 24.8 Å². The number of fused-ring (bicyclic) bond motifs is 1. The highest BCUT2D eigenvalue weighted by molar-refractivity contribution is 7.10. The molecule has 1 aromatic carbocycles. The van der Waals surface area contributed by atoms with Crippen LogP contribution >= 0.6 is 11.3 Å². The summed E-state index contributed by atoms with van der Waals surface area (Å²) in [5.41, 5.74) is 0.898. The zero-order valence-corrected chi connectivity index (χ0v) is 13.9. The first-order valence-corrected chi connectivity index (χ1v) is 8.96. The molecule has 0 radical (unpaired) electrons. The van der Waals surface area contributed by atoms with Crippen LogP contribution in [0, 0.1) is 5.92 Å². The van der Waals surface area contributed by atoms with Crippen LogP contribution in [0.1, 0.15) is 29.3 Å². The van der Waals surface area contributed by atoms with Gasteiger partial charge in [0.25, 0.3) is 0 Å². The molecule has 1 atom stereocenters. The van der Waals surface area contributed by atoms with E-state index < -0.39 is 0 Å². The molecule has 1 fully saturated rings. The highest BCUT2D eigenvalue weighted by atomic mass is 32.1. The molecule has 2 aliphatic rings. The Bertz CT molecular complexity index is 725. The fourth-order valence-corrected chi connectivity index (χ4v) is 4.12. The Morgan fingerprint density at radius 1 is 1.29 bits per heavy atom. The second-order valence-electron chi connectivity index (χ2n) is 6.31. The molecule has 1 saturated carbocycles. The van der Waals surface area contributed by atoms with Crippen LogP contribution < -0.4 is 14.8 Å². The van der Waals surface area contributed by atoms with Crippen molar-refractivity contribution in [3.05, 3.63) is 46.2 Å². The number of carbonyl (C=O) groups is 1. The Kier molecular flexibility index (Phi) is 4.16. The summed E-state index contributed by atoms with van der Waals surface area (Å²) in [5, 5.41) is 14.8. The summed E-state index contributed by atoms with van der Waals surface area (Å²) < 4.78 is 10.6. The fourth-order valence-electron chi connectivity index (χ4n) is 3.25. The van der Waals surface area contributed by atoms with Gasteiger partial charge in [0.2, 0.25) is 12.7 Å². The molecule has 4 rings (SSSR count). The van der Waals surface area contributed by atoms with Crippen LogP contribution in [0.25, 0.3) is 0 Å². The molecule has 2 aromatic rings. The van der Waals surface area contributed by atoms with Gasteiger partial charge in [-0.15, -0.1) is 11.3 Å². The normalized spacial score (nSPS) is 22.7. The third kappa shape index (κ3) is 3.12. The lowest BCUT2D eigenvalue weighted by atomic mass is 9.76. The Hall–Kier alpha value is -2.05. The van der Waals surface area contributed by atoms with Gasteiger partial charge in [-0.3, -0.25) is 4.79 Å². The zero-order chi connectivity index (χ0) is 16.5. The summed E-state index contributed by atoms with van der Waals surface area (Å²) >= 11 is 1.64. The molecule has 0 unspecified atom stereocenters. The molecule has 0 spiro atoms. The monoisotopic (exact) mass is 345 g/mol. The van der Waals surface area contributed by atoms with Crippen molar-refractivity contribution < 1.29 is 19.4 Å². The second-order valence-corrected chi connectivity index (χ2v) is 7.29.